The SMILES string of the molecule is CC(C)(C)S(=O)(=O)c1ccc(NC2CCN(C(=O)c3ccccn3)C2)cn1. The molecule has 0 aromatic carbocycles. The van der Waals surface area contributed by atoms with Crippen LogP contribution in [0, 0.1) is 0 Å². The standard InChI is InChI=1S/C19H24N4O3S/c1-19(2,3)27(25,26)17-8-7-14(12-21-17)22-15-9-11-23(13-15)18(24)16-6-4-5-10-20-16/h4-8,10,12,15,22H,9,11,13H2,1-3H3. The zero-order chi connectivity index (χ0) is 19.7. The predicted molar refractivity (Wildman–Crippen MR) is 103 cm³/mol. The number of carbonyl (C=O) groups excluding carboxylic acids is 1. The van der Waals surface area contributed by atoms with Crippen molar-refractivity contribution in [3.05, 3.63) is 48.4 Å². The molecule has 1 unspecified atom stereocenters. The maximum atomic E-state index is 12.5. The summed E-state index contributed by atoms with van der Waals surface area (Å²) in [5.41, 5.74) is 1.18. The van der Waals surface area contributed by atoms with Gasteiger partial charge in [0.05, 0.1) is 16.6 Å². The number of pyridine rings is 2. The van der Waals surface area contributed by atoms with Crippen molar-refractivity contribution in [2.24, 2.45) is 0 Å². The first-order valence-corrected chi connectivity index (χ1v) is 10.3. The number of carbonyl (C=O) groups is 1. The van der Waals surface area contributed by atoms with E-state index in [1.165, 1.54) is 12.3 Å². The Labute approximate surface area is 159 Å². The van der Waals surface area contributed by atoms with Crippen molar-refractivity contribution in [1.29, 1.82) is 0 Å². The maximum Gasteiger partial charge on any atom is 0.272 e. The van der Waals surface area contributed by atoms with Gasteiger partial charge < -0.3 is 10.2 Å². The number of anilines is 1. The molecule has 1 atom stereocenters. The lowest BCUT2D eigenvalue weighted by Crippen LogP contribution is -2.32. The Morgan fingerprint density at radius 2 is 1.96 bits per heavy atom. The number of aromatic nitrogens is 2. The molecule has 1 N–H and O–H groups in total. The molecule has 8 heteroatoms. The second-order valence-corrected chi connectivity index (χ2v) is 10.2. The lowest BCUT2D eigenvalue weighted by atomic mass is 10.2. The van der Waals surface area contributed by atoms with Crippen LogP contribution in [0.15, 0.2) is 47.8 Å². The lowest BCUT2D eigenvalue weighted by molar-refractivity contribution is 0.0786. The molecule has 2 aromatic heterocycles. The molecule has 3 rings (SSSR count). The number of rotatable bonds is 4. The molecule has 144 valence electrons. The summed E-state index contributed by atoms with van der Waals surface area (Å²) in [4.78, 5) is 22.4. The second-order valence-electron chi connectivity index (χ2n) is 7.60. The molecule has 27 heavy (non-hydrogen) atoms. The zero-order valence-corrected chi connectivity index (χ0v) is 16.5. The average Bonchev–Trinajstić information content (AvgIpc) is 3.10. The average molecular weight is 388 g/mol. The van der Waals surface area contributed by atoms with Crippen molar-refractivity contribution in [2.75, 3.05) is 18.4 Å². The summed E-state index contributed by atoms with van der Waals surface area (Å²) in [6.45, 7) is 6.18. The second kappa shape index (κ2) is 7.26. The molecule has 2 aromatic rings. The highest BCUT2D eigenvalue weighted by atomic mass is 32.2. The van der Waals surface area contributed by atoms with Gasteiger partial charge in [0.2, 0.25) is 0 Å². The number of nitrogens with one attached hydrogen (secondary N) is 1. The summed E-state index contributed by atoms with van der Waals surface area (Å²) in [6, 6.07) is 8.61. The minimum atomic E-state index is -3.47. The largest absolute Gasteiger partial charge is 0.379 e. The van der Waals surface area contributed by atoms with Gasteiger partial charge in [-0.25, -0.2) is 13.4 Å². The molecule has 0 aliphatic carbocycles. The monoisotopic (exact) mass is 388 g/mol. The van der Waals surface area contributed by atoms with E-state index >= 15 is 0 Å². The Kier molecular flexibility index (Phi) is 5.19. The third-order valence-corrected chi connectivity index (χ3v) is 6.95. The van der Waals surface area contributed by atoms with E-state index in [0.29, 0.717) is 18.8 Å². The maximum absolute atomic E-state index is 12.5. The summed E-state index contributed by atoms with van der Waals surface area (Å²) < 4.78 is 24.0. The fourth-order valence-corrected chi connectivity index (χ4v) is 3.95. The summed E-state index contributed by atoms with van der Waals surface area (Å²) in [5, 5.41) is 3.39. The number of nitrogens with zero attached hydrogens (tertiary/aromatic N) is 3. The van der Waals surface area contributed by atoms with Gasteiger partial charge in [-0.1, -0.05) is 6.07 Å². The highest BCUT2D eigenvalue weighted by Gasteiger charge is 2.32. The Morgan fingerprint density at radius 3 is 2.56 bits per heavy atom. The van der Waals surface area contributed by atoms with Crippen molar-refractivity contribution in [3.63, 3.8) is 0 Å². The fourth-order valence-electron chi connectivity index (χ4n) is 2.89. The molecule has 0 saturated carbocycles. The van der Waals surface area contributed by atoms with Gasteiger partial charge in [-0.2, -0.15) is 0 Å². The minimum Gasteiger partial charge on any atom is -0.379 e. The van der Waals surface area contributed by atoms with Gasteiger partial charge in [-0.15, -0.1) is 0 Å². The number of hydrogen-bond donors (Lipinski definition) is 1. The van der Waals surface area contributed by atoms with E-state index in [0.717, 1.165) is 12.1 Å². The molecular formula is C19H24N4O3S. The van der Waals surface area contributed by atoms with Crippen LogP contribution in [0.3, 0.4) is 0 Å². The van der Waals surface area contributed by atoms with E-state index in [4.69, 9.17) is 0 Å². The summed E-state index contributed by atoms with van der Waals surface area (Å²) in [6.07, 6.45) is 3.94. The third kappa shape index (κ3) is 4.10. The van der Waals surface area contributed by atoms with E-state index in [1.54, 1.807) is 56.1 Å². The van der Waals surface area contributed by atoms with Gasteiger partial charge in [0.1, 0.15) is 5.69 Å². The summed E-state index contributed by atoms with van der Waals surface area (Å²) >= 11 is 0. The zero-order valence-electron chi connectivity index (χ0n) is 15.7. The first kappa shape index (κ1) is 19.3. The quantitative estimate of drug-likeness (QED) is 0.864. The minimum absolute atomic E-state index is 0.0685. The van der Waals surface area contributed by atoms with Crippen LogP contribution in [0.5, 0.6) is 0 Å². The van der Waals surface area contributed by atoms with Crippen LogP contribution >= 0.6 is 0 Å². The fraction of sp³-hybridized carbons (Fsp3) is 0.421. The van der Waals surface area contributed by atoms with E-state index < -0.39 is 14.6 Å². The lowest BCUT2D eigenvalue weighted by Gasteiger charge is -2.19. The van der Waals surface area contributed by atoms with E-state index in [-0.39, 0.29) is 17.0 Å². The molecule has 1 aliphatic heterocycles. The van der Waals surface area contributed by atoms with Gasteiger partial charge >= 0.3 is 0 Å². The molecule has 1 saturated heterocycles. The van der Waals surface area contributed by atoms with Crippen LogP contribution in [-0.4, -0.2) is 53.1 Å². The van der Waals surface area contributed by atoms with Crippen molar-refractivity contribution < 1.29 is 13.2 Å². The van der Waals surface area contributed by atoms with Crippen molar-refractivity contribution in [1.82, 2.24) is 14.9 Å². The van der Waals surface area contributed by atoms with Gasteiger partial charge in [-0.05, 0) is 51.5 Å². The van der Waals surface area contributed by atoms with Gasteiger partial charge in [0.25, 0.3) is 5.91 Å². The molecule has 1 fully saturated rings. The third-order valence-electron chi connectivity index (χ3n) is 4.55. The number of amides is 1. The van der Waals surface area contributed by atoms with Crippen molar-refractivity contribution >= 4 is 21.4 Å². The smallest absolute Gasteiger partial charge is 0.272 e. The molecule has 1 amide bonds. The first-order chi connectivity index (χ1) is 12.7. The van der Waals surface area contributed by atoms with E-state index in [1.807, 2.05) is 0 Å². The number of hydrogen-bond acceptors (Lipinski definition) is 6. The molecule has 0 spiro atoms. The molecule has 0 bridgehead atoms. The van der Waals surface area contributed by atoms with Crippen LogP contribution in [0.25, 0.3) is 0 Å². The van der Waals surface area contributed by atoms with Crippen molar-refractivity contribution in [3.8, 4) is 0 Å². The van der Waals surface area contributed by atoms with Crippen LogP contribution in [0.4, 0.5) is 5.69 Å². The molecule has 0 radical (unpaired) electrons. The summed E-state index contributed by atoms with van der Waals surface area (Å²) in [7, 11) is -3.47. The summed E-state index contributed by atoms with van der Waals surface area (Å²) in [5.74, 6) is -0.0790. The van der Waals surface area contributed by atoms with Gasteiger partial charge in [-0.3, -0.25) is 9.78 Å². The van der Waals surface area contributed by atoms with Gasteiger partial charge in [0, 0.05) is 25.3 Å². The van der Waals surface area contributed by atoms with Crippen LogP contribution in [0.2, 0.25) is 0 Å². The highest BCUT2D eigenvalue weighted by molar-refractivity contribution is 7.92. The molecule has 3 heterocycles. The topological polar surface area (TPSA) is 92.3 Å². The normalized spacial score (nSPS) is 17.7. The Bertz CT molecular complexity index is 906. The first-order valence-electron chi connectivity index (χ1n) is 8.86. The number of sulfone groups is 1. The van der Waals surface area contributed by atoms with Crippen LogP contribution < -0.4 is 5.32 Å². The molecule has 1 aliphatic rings. The van der Waals surface area contributed by atoms with Crippen LogP contribution in [0.1, 0.15) is 37.7 Å². The Balaban J connectivity index is 1.63. The Morgan fingerprint density at radius 1 is 1.19 bits per heavy atom. The van der Waals surface area contributed by atoms with E-state index in [2.05, 4.69) is 15.3 Å². The van der Waals surface area contributed by atoms with Crippen LogP contribution in [-0.2, 0) is 9.84 Å². The predicted octanol–water partition coefficient (Wildman–Crippen LogP) is 2.38. The van der Waals surface area contributed by atoms with E-state index in [9.17, 15) is 13.2 Å². The Hall–Kier alpha value is -2.48. The molecule has 7 nitrogen and oxygen atoms in total. The number of likely N-dealkylation sites (tertiary alicyclic amines) is 1. The highest BCUT2D eigenvalue weighted by Crippen LogP contribution is 2.24. The van der Waals surface area contributed by atoms with Gasteiger partial charge in [0.15, 0.2) is 14.9 Å². The van der Waals surface area contributed by atoms with Crippen molar-refractivity contribution in [2.45, 2.75) is 43.0 Å². The molecular weight excluding hydrogens is 364 g/mol.